The van der Waals surface area contributed by atoms with Crippen LogP contribution < -0.4 is 15.0 Å². The summed E-state index contributed by atoms with van der Waals surface area (Å²) in [4.78, 5) is 9.08. The van der Waals surface area contributed by atoms with Crippen LogP contribution in [-0.4, -0.2) is 66.0 Å². The van der Waals surface area contributed by atoms with E-state index in [1.54, 1.807) is 13.4 Å². The van der Waals surface area contributed by atoms with E-state index in [1.807, 2.05) is 23.7 Å². The van der Waals surface area contributed by atoms with Gasteiger partial charge in [0.2, 0.25) is 0 Å². The van der Waals surface area contributed by atoms with Gasteiger partial charge in [-0.15, -0.1) is 34.2 Å². The fourth-order valence-corrected chi connectivity index (χ4v) is 3.15. The van der Waals surface area contributed by atoms with Gasteiger partial charge in [0.25, 0.3) is 0 Å². The largest absolute Gasteiger partial charge is 0.497 e. The molecule has 1 fully saturated rings. The molecule has 9 heteroatoms. The molecule has 1 N–H and O–H groups in total. The molecule has 0 radical (unpaired) electrons. The van der Waals surface area contributed by atoms with E-state index < -0.39 is 0 Å². The minimum atomic E-state index is 0. The third-order valence-corrected chi connectivity index (χ3v) is 4.65. The fourth-order valence-electron chi connectivity index (χ4n) is 3.15. The topological polar surface area (TPSA) is 70.8 Å². The maximum Gasteiger partial charge on any atom is 0.194 e. The zero-order valence-corrected chi connectivity index (χ0v) is 18.5. The predicted octanol–water partition coefficient (Wildman–Crippen LogP) is 1.82. The third kappa shape index (κ3) is 5.24. The normalized spacial score (nSPS) is 14.7. The van der Waals surface area contributed by atoms with E-state index in [9.17, 15) is 0 Å². The van der Waals surface area contributed by atoms with Crippen LogP contribution in [0.4, 0.5) is 5.69 Å². The molecule has 27 heavy (non-hydrogen) atoms. The van der Waals surface area contributed by atoms with Crippen molar-refractivity contribution in [2.24, 2.45) is 4.99 Å². The van der Waals surface area contributed by atoms with Crippen molar-refractivity contribution in [3.8, 4) is 5.75 Å². The Balaban J connectivity index is 0.00000261. The maximum atomic E-state index is 5.33. The smallest absolute Gasteiger partial charge is 0.194 e. The van der Waals surface area contributed by atoms with Crippen LogP contribution in [0.3, 0.4) is 0 Å². The van der Waals surface area contributed by atoms with Crippen molar-refractivity contribution in [3.05, 3.63) is 36.4 Å². The molecule has 8 nitrogen and oxygen atoms in total. The highest BCUT2D eigenvalue weighted by molar-refractivity contribution is 14.0. The lowest BCUT2D eigenvalue weighted by molar-refractivity contribution is 0.371. The van der Waals surface area contributed by atoms with E-state index >= 15 is 0 Å². The van der Waals surface area contributed by atoms with Gasteiger partial charge in [-0.25, -0.2) is 0 Å². The maximum absolute atomic E-state index is 5.33. The molecule has 0 aliphatic carbocycles. The molecule has 0 amide bonds. The molecule has 2 heterocycles. The number of guanidine groups is 1. The predicted molar refractivity (Wildman–Crippen MR) is 118 cm³/mol. The van der Waals surface area contributed by atoms with Gasteiger partial charge in [-0.2, -0.15) is 0 Å². The van der Waals surface area contributed by atoms with Gasteiger partial charge in [0, 0.05) is 51.5 Å². The zero-order valence-electron chi connectivity index (χ0n) is 16.1. The Hall–Kier alpha value is -2.04. The standard InChI is InChI=1S/C18H27N7O.HI/c1-4-23-14-21-22-17(23)13-20-18(19-2)25-10-8-24(9-11-25)15-6-5-7-16(12-15)26-3;/h5-7,12,14H,4,8-11,13H2,1-3H3,(H,19,20);1H. The van der Waals surface area contributed by atoms with Gasteiger partial charge in [0.15, 0.2) is 11.8 Å². The molecule has 0 atom stereocenters. The first kappa shape index (κ1) is 21.3. The molecule has 1 aliphatic rings. The number of halogens is 1. The van der Waals surface area contributed by atoms with E-state index in [0.717, 1.165) is 50.3 Å². The van der Waals surface area contributed by atoms with Crippen LogP contribution >= 0.6 is 24.0 Å². The van der Waals surface area contributed by atoms with E-state index in [1.165, 1.54) is 5.69 Å². The zero-order chi connectivity index (χ0) is 18.4. The molecule has 3 rings (SSSR count). The molecule has 1 aromatic carbocycles. The summed E-state index contributed by atoms with van der Waals surface area (Å²) in [5.41, 5.74) is 1.20. The highest BCUT2D eigenvalue weighted by atomic mass is 127. The minimum absolute atomic E-state index is 0. The van der Waals surface area contributed by atoms with Crippen molar-refractivity contribution in [2.45, 2.75) is 20.0 Å². The van der Waals surface area contributed by atoms with Gasteiger partial charge in [0.05, 0.1) is 13.7 Å². The number of aryl methyl sites for hydroxylation is 1. The van der Waals surface area contributed by atoms with Crippen molar-refractivity contribution in [2.75, 3.05) is 45.2 Å². The number of hydrogen-bond acceptors (Lipinski definition) is 5. The number of nitrogens with zero attached hydrogens (tertiary/aromatic N) is 6. The molecular formula is C18H28IN7O. The second kappa shape index (κ2) is 10.3. The van der Waals surface area contributed by atoms with E-state index in [2.05, 4.69) is 49.4 Å². The van der Waals surface area contributed by atoms with E-state index in [-0.39, 0.29) is 24.0 Å². The quantitative estimate of drug-likeness (QED) is 0.396. The second-order valence-corrected chi connectivity index (χ2v) is 6.11. The molecule has 0 unspecified atom stereocenters. The molecule has 0 spiro atoms. The number of benzene rings is 1. The molecule has 0 bridgehead atoms. The van der Waals surface area contributed by atoms with Crippen molar-refractivity contribution < 1.29 is 4.74 Å². The Morgan fingerprint density at radius 1 is 1.26 bits per heavy atom. The first-order valence-electron chi connectivity index (χ1n) is 8.96. The average molecular weight is 485 g/mol. The molecule has 1 aliphatic heterocycles. The Kier molecular flexibility index (Phi) is 8.14. The summed E-state index contributed by atoms with van der Waals surface area (Å²) in [6.45, 7) is 7.28. The molecule has 0 saturated carbocycles. The third-order valence-electron chi connectivity index (χ3n) is 4.65. The van der Waals surface area contributed by atoms with Gasteiger partial charge in [-0.3, -0.25) is 4.99 Å². The summed E-state index contributed by atoms with van der Waals surface area (Å²) in [6.07, 6.45) is 1.76. The number of rotatable bonds is 5. The minimum Gasteiger partial charge on any atom is -0.497 e. The SMILES string of the molecule is CCn1cnnc1CNC(=NC)N1CCN(c2cccc(OC)c2)CC1.I. The lowest BCUT2D eigenvalue weighted by atomic mass is 10.2. The number of nitrogens with one attached hydrogen (secondary N) is 1. The number of hydrogen-bond donors (Lipinski definition) is 1. The summed E-state index contributed by atoms with van der Waals surface area (Å²) in [7, 11) is 3.52. The Bertz CT molecular complexity index is 741. The lowest BCUT2D eigenvalue weighted by Gasteiger charge is -2.37. The fraction of sp³-hybridized carbons (Fsp3) is 0.500. The molecule has 148 valence electrons. The molecule has 1 saturated heterocycles. The second-order valence-electron chi connectivity index (χ2n) is 6.11. The molecule has 2 aromatic rings. The first-order chi connectivity index (χ1) is 12.7. The molecular weight excluding hydrogens is 457 g/mol. The molecule has 1 aromatic heterocycles. The van der Waals surface area contributed by atoms with Gasteiger partial charge in [-0.1, -0.05) is 6.07 Å². The van der Waals surface area contributed by atoms with Crippen molar-refractivity contribution in [1.82, 2.24) is 25.0 Å². The highest BCUT2D eigenvalue weighted by Gasteiger charge is 2.20. The monoisotopic (exact) mass is 485 g/mol. The highest BCUT2D eigenvalue weighted by Crippen LogP contribution is 2.22. The number of ether oxygens (including phenoxy) is 1. The summed E-state index contributed by atoms with van der Waals surface area (Å²) in [5, 5.41) is 11.5. The Morgan fingerprint density at radius 3 is 2.70 bits per heavy atom. The van der Waals surface area contributed by atoms with E-state index in [4.69, 9.17) is 4.74 Å². The number of aliphatic imine (C=N–C) groups is 1. The van der Waals surface area contributed by atoms with Crippen molar-refractivity contribution in [1.29, 1.82) is 0 Å². The van der Waals surface area contributed by atoms with Crippen LogP contribution in [0.1, 0.15) is 12.7 Å². The Labute approximate surface area is 177 Å². The van der Waals surface area contributed by atoms with Gasteiger partial charge >= 0.3 is 0 Å². The summed E-state index contributed by atoms with van der Waals surface area (Å²) in [5.74, 6) is 2.71. The number of piperazine rings is 1. The average Bonchev–Trinajstić information content (AvgIpc) is 3.16. The van der Waals surface area contributed by atoms with Crippen LogP contribution in [0.15, 0.2) is 35.6 Å². The van der Waals surface area contributed by atoms with Crippen LogP contribution in [0.25, 0.3) is 0 Å². The van der Waals surface area contributed by atoms with Crippen LogP contribution in [0, 0.1) is 0 Å². The summed E-state index contributed by atoms with van der Waals surface area (Å²) in [6, 6.07) is 8.22. The first-order valence-corrected chi connectivity index (χ1v) is 8.96. The van der Waals surface area contributed by atoms with E-state index in [0.29, 0.717) is 6.54 Å². The van der Waals surface area contributed by atoms with Gasteiger partial charge in [0.1, 0.15) is 12.1 Å². The van der Waals surface area contributed by atoms with Gasteiger partial charge in [-0.05, 0) is 19.1 Å². The van der Waals surface area contributed by atoms with Crippen molar-refractivity contribution >= 4 is 35.6 Å². The number of aromatic nitrogens is 3. The summed E-state index contributed by atoms with van der Waals surface area (Å²) < 4.78 is 7.36. The van der Waals surface area contributed by atoms with Crippen molar-refractivity contribution in [3.63, 3.8) is 0 Å². The van der Waals surface area contributed by atoms with Crippen LogP contribution in [0.2, 0.25) is 0 Å². The summed E-state index contributed by atoms with van der Waals surface area (Å²) >= 11 is 0. The lowest BCUT2D eigenvalue weighted by Crippen LogP contribution is -2.52. The number of anilines is 1. The van der Waals surface area contributed by atoms with Crippen LogP contribution in [0.5, 0.6) is 5.75 Å². The number of methoxy groups -OCH3 is 1. The van der Waals surface area contributed by atoms with Gasteiger partial charge < -0.3 is 24.4 Å². The Morgan fingerprint density at radius 2 is 2.04 bits per heavy atom. The van der Waals surface area contributed by atoms with Crippen LogP contribution in [-0.2, 0) is 13.1 Å².